The van der Waals surface area contributed by atoms with Crippen LogP contribution in [0.25, 0.3) is 16.6 Å². The molecule has 1 aliphatic rings. The summed E-state index contributed by atoms with van der Waals surface area (Å²) in [6.07, 6.45) is 0.176. The van der Waals surface area contributed by atoms with E-state index in [-0.39, 0.29) is 36.1 Å². The number of aliphatic hydroxyl groups is 1. The maximum absolute atomic E-state index is 13.4. The van der Waals surface area contributed by atoms with Gasteiger partial charge >= 0.3 is 5.97 Å². The molecule has 0 fully saturated rings. The van der Waals surface area contributed by atoms with Crippen molar-refractivity contribution >= 4 is 34.1 Å². The third-order valence-corrected chi connectivity index (χ3v) is 4.69. The molecule has 0 spiro atoms. The molecule has 1 aromatic heterocycles. The number of hydrogen-bond donors (Lipinski definition) is 3. The van der Waals surface area contributed by atoms with E-state index in [9.17, 15) is 14.3 Å². The van der Waals surface area contributed by atoms with Gasteiger partial charge in [0, 0.05) is 5.69 Å². The number of carbonyl (C=O) groups is 1. The van der Waals surface area contributed by atoms with Crippen molar-refractivity contribution in [2.45, 2.75) is 13.3 Å². The van der Waals surface area contributed by atoms with Gasteiger partial charge in [0.15, 0.2) is 0 Å². The minimum absolute atomic E-state index is 0.00475. The zero-order valence-electron chi connectivity index (χ0n) is 15.7. The second-order valence-corrected chi connectivity index (χ2v) is 6.65. The van der Waals surface area contributed by atoms with Crippen LogP contribution < -0.4 is 4.90 Å². The summed E-state index contributed by atoms with van der Waals surface area (Å²) in [6, 6.07) is 11.3. The summed E-state index contributed by atoms with van der Waals surface area (Å²) in [4.78, 5) is 20.6. The summed E-state index contributed by atoms with van der Waals surface area (Å²) in [7, 11) is 0. The molecule has 4 rings (SSSR count). The molecule has 0 bridgehead atoms. The Balaban J connectivity index is 1.56. The summed E-state index contributed by atoms with van der Waals surface area (Å²) in [6.45, 7) is 2.22. The number of imidazole rings is 1. The topological polar surface area (TPSA) is 102 Å². The van der Waals surface area contributed by atoms with E-state index in [1.54, 1.807) is 42.2 Å². The molecule has 148 valence electrons. The predicted molar refractivity (Wildman–Crippen MR) is 107 cm³/mol. The number of hydrogen-bond acceptors (Lipinski definition) is 5. The number of esters is 1. The number of rotatable bonds is 5. The van der Waals surface area contributed by atoms with Gasteiger partial charge in [0.25, 0.3) is 0 Å². The Morgan fingerprint density at radius 3 is 2.79 bits per heavy atom. The lowest BCUT2D eigenvalue weighted by molar-refractivity contribution is -0.142. The first-order valence-corrected chi connectivity index (χ1v) is 9.15. The zero-order chi connectivity index (χ0) is 20.5. The second kappa shape index (κ2) is 7.38. The Hall–Kier alpha value is -3.68. The molecule has 0 radical (unpaired) electrons. The van der Waals surface area contributed by atoms with Crippen molar-refractivity contribution in [3.05, 3.63) is 65.4 Å². The third-order valence-electron chi connectivity index (χ3n) is 4.69. The van der Waals surface area contributed by atoms with Gasteiger partial charge in [0.1, 0.15) is 23.2 Å². The van der Waals surface area contributed by atoms with Gasteiger partial charge in [0.2, 0.25) is 0 Å². The number of nitrogens with one attached hydrogen (secondary N) is 2. The Bertz CT molecular complexity index is 1130. The minimum Gasteiger partial charge on any atom is -0.509 e. The largest absolute Gasteiger partial charge is 0.509 e. The van der Waals surface area contributed by atoms with Gasteiger partial charge in [-0.1, -0.05) is 12.1 Å². The van der Waals surface area contributed by atoms with E-state index in [0.717, 1.165) is 5.56 Å². The fourth-order valence-electron chi connectivity index (χ4n) is 3.32. The van der Waals surface area contributed by atoms with E-state index in [0.29, 0.717) is 29.2 Å². The molecule has 3 N–H and O–H groups in total. The van der Waals surface area contributed by atoms with E-state index >= 15 is 0 Å². The minimum atomic E-state index is -0.392. The Morgan fingerprint density at radius 1 is 1.31 bits per heavy atom. The number of aromatic nitrogens is 2. The molecule has 7 nitrogen and oxygen atoms in total. The molecule has 2 heterocycles. The summed E-state index contributed by atoms with van der Waals surface area (Å²) in [5.74, 6) is -0.283. The quantitative estimate of drug-likeness (QED) is 0.574. The van der Waals surface area contributed by atoms with Crippen molar-refractivity contribution in [2.75, 3.05) is 18.1 Å². The molecule has 3 aromatic rings. The smallest absolute Gasteiger partial charge is 0.310 e. The van der Waals surface area contributed by atoms with Crippen LogP contribution in [0, 0.1) is 11.2 Å². The first-order chi connectivity index (χ1) is 14.0. The van der Waals surface area contributed by atoms with Gasteiger partial charge in [-0.2, -0.15) is 0 Å². The molecule has 1 aliphatic heterocycles. The predicted octanol–water partition coefficient (Wildman–Crippen LogP) is 3.57. The van der Waals surface area contributed by atoms with Crippen molar-refractivity contribution in [2.24, 2.45) is 0 Å². The Kier molecular flexibility index (Phi) is 4.75. The molecule has 2 aromatic carbocycles. The lowest BCUT2D eigenvalue weighted by atomic mass is 10.1. The number of aromatic amines is 1. The van der Waals surface area contributed by atoms with Crippen molar-refractivity contribution in [1.29, 1.82) is 5.41 Å². The highest BCUT2D eigenvalue weighted by atomic mass is 19.1. The van der Waals surface area contributed by atoms with Crippen LogP contribution in [0.4, 0.5) is 10.1 Å². The Labute approximate surface area is 166 Å². The molecule has 8 heteroatoms. The van der Waals surface area contributed by atoms with Gasteiger partial charge in [-0.3, -0.25) is 10.2 Å². The fourth-order valence-corrected chi connectivity index (χ4v) is 3.32. The van der Waals surface area contributed by atoms with Crippen LogP contribution in [0.15, 0.2) is 48.2 Å². The molecule has 0 saturated carbocycles. The average Bonchev–Trinajstić information content (AvgIpc) is 3.22. The summed E-state index contributed by atoms with van der Waals surface area (Å²) in [5, 5.41) is 19.0. The number of amidine groups is 1. The SMILES string of the molecule is CCOC(=O)Cc1ccc(N2CC(O)=C(c3nc4ccc(F)cc4[nH]3)C2=N)cc1. The molecular formula is C21H19FN4O3. The van der Waals surface area contributed by atoms with Gasteiger partial charge < -0.3 is 19.7 Å². The monoisotopic (exact) mass is 394 g/mol. The van der Waals surface area contributed by atoms with Crippen molar-refractivity contribution in [3.63, 3.8) is 0 Å². The number of H-pyrrole nitrogens is 1. The Morgan fingerprint density at radius 2 is 2.07 bits per heavy atom. The number of anilines is 1. The van der Waals surface area contributed by atoms with Crippen LogP contribution in [-0.4, -0.2) is 40.0 Å². The van der Waals surface area contributed by atoms with E-state index < -0.39 is 5.82 Å². The summed E-state index contributed by atoms with van der Waals surface area (Å²) >= 11 is 0. The second-order valence-electron chi connectivity index (χ2n) is 6.65. The van der Waals surface area contributed by atoms with Crippen LogP contribution >= 0.6 is 0 Å². The van der Waals surface area contributed by atoms with E-state index in [4.69, 9.17) is 10.1 Å². The summed E-state index contributed by atoms with van der Waals surface area (Å²) < 4.78 is 18.4. The standard InChI is InChI=1S/C21H19FN4O3/c1-2-29-18(28)9-12-3-6-14(7-4-12)26-11-17(27)19(20(26)23)21-24-15-8-5-13(22)10-16(15)25-21/h3-8,10,23,27H,2,9,11H2,1H3,(H,24,25). The highest BCUT2D eigenvalue weighted by Crippen LogP contribution is 2.31. The lowest BCUT2D eigenvalue weighted by Crippen LogP contribution is -2.26. The molecule has 0 saturated heterocycles. The van der Waals surface area contributed by atoms with Crippen molar-refractivity contribution < 1.29 is 19.0 Å². The van der Waals surface area contributed by atoms with E-state index in [1.165, 1.54) is 12.1 Å². The van der Waals surface area contributed by atoms with Crippen molar-refractivity contribution in [3.8, 4) is 0 Å². The maximum Gasteiger partial charge on any atom is 0.310 e. The molecule has 0 atom stereocenters. The van der Waals surface area contributed by atoms with Crippen molar-refractivity contribution in [1.82, 2.24) is 9.97 Å². The summed E-state index contributed by atoms with van der Waals surface area (Å²) in [5.41, 5.74) is 2.82. The number of nitrogens with zero attached hydrogens (tertiary/aromatic N) is 2. The third kappa shape index (κ3) is 3.56. The number of ether oxygens (including phenoxy) is 1. The molecule has 29 heavy (non-hydrogen) atoms. The van der Waals surface area contributed by atoms with Crippen LogP contribution in [0.3, 0.4) is 0 Å². The van der Waals surface area contributed by atoms with Gasteiger partial charge in [-0.25, -0.2) is 9.37 Å². The zero-order valence-corrected chi connectivity index (χ0v) is 15.7. The number of fused-ring (bicyclic) bond motifs is 1. The fraction of sp³-hybridized carbons (Fsp3) is 0.190. The number of halogens is 1. The highest BCUT2D eigenvalue weighted by Gasteiger charge is 2.31. The first-order valence-electron chi connectivity index (χ1n) is 9.15. The number of carbonyl (C=O) groups excluding carboxylic acids is 1. The van der Waals surface area contributed by atoms with Crippen LogP contribution in [0.1, 0.15) is 18.3 Å². The number of benzene rings is 2. The highest BCUT2D eigenvalue weighted by molar-refractivity contribution is 6.30. The maximum atomic E-state index is 13.4. The molecular weight excluding hydrogens is 375 g/mol. The molecule has 0 amide bonds. The van der Waals surface area contributed by atoms with Gasteiger partial charge in [-0.15, -0.1) is 0 Å². The lowest BCUT2D eigenvalue weighted by Gasteiger charge is -2.19. The van der Waals surface area contributed by atoms with Crippen LogP contribution in [-0.2, 0) is 16.0 Å². The van der Waals surface area contributed by atoms with Gasteiger partial charge in [-0.05, 0) is 42.8 Å². The van der Waals surface area contributed by atoms with Gasteiger partial charge in [0.05, 0.1) is 36.2 Å². The normalized spacial score (nSPS) is 14.1. The van der Waals surface area contributed by atoms with Crippen LogP contribution in [0.5, 0.6) is 0 Å². The first kappa shape index (κ1) is 18.7. The van der Waals surface area contributed by atoms with E-state index in [1.807, 2.05) is 0 Å². The molecule has 0 aliphatic carbocycles. The average molecular weight is 394 g/mol. The van der Waals surface area contributed by atoms with Crippen LogP contribution in [0.2, 0.25) is 0 Å². The number of aliphatic hydroxyl groups excluding tert-OH is 1. The molecule has 0 unspecified atom stereocenters. The van der Waals surface area contributed by atoms with E-state index in [2.05, 4.69) is 9.97 Å².